The highest BCUT2D eigenvalue weighted by atomic mass is 19.1. The predicted molar refractivity (Wildman–Crippen MR) is 85.1 cm³/mol. The molecule has 1 saturated heterocycles. The molecule has 0 saturated carbocycles. The maximum atomic E-state index is 14.2. The molecule has 0 radical (unpaired) electrons. The van der Waals surface area contributed by atoms with Crippen LogP contribution in [0, 0.1) is 5.82 Å². The number of pyridine rings is 1. The number of urea groups is 1. The van der Waals surface area contributed by atoms with Gasteiger partial charge in [-0.25, -0.2) is 14.1 Å². The summed E-state index contributed by atoms with van der Waals surface area (Å²) in [5.41, 5.74) is 0.852. The minimum Gasteiger partial charge on any atom is -0.484 e. The van der Waals surface area contributed by atoms with Crippen LogP contribution in [-0.2, 0) is 11.4 Å². The Morgan fingerprint density at radius 2 is 2.04 bits per heavy atom. The number of carbonyl (C=O) groups is 2. The fourth-order valence-electron chi connectivity index (χ4n) is 2.39. The summed E-state index contributed by atoms with van der Waals surface area (Å²) in [5, 5.41) is 0. The summed E-state index contributed by atoms with van der Waals surface area (Å²) in [6, 6.07) is 8.32. The van der Waals surface area contributed by atoms with Crippen molar-refractivity contribution in [2.45, 2.75) is 19.6 Å². The van der Waals surface area contributed by atoms with Gasteiger partial charge < -0.3 is 9.64 Å². The number of ether oxygens (including phenoxy) is 1. The molecule has 2 aromatic rings. The molecule has 124 valence electrons. The summed E-state index contributed by atoms with van der Waals surface area (Å²) >= 11 is 0. The summed E-state index contributed by atoms with van der Waals surface area (Å²) in [5.74, 6) is -1.000. The Morgan fingerprint density at radius 3 is 2.62 bits per heavy atom. The zero-order valence-electron chi connectivity index (χ0n) is 13.3. The number of anilines is 1. The molecule has 3 rings (SSSR count). The van der Waals surface area contributed by atoms with E-state index in [2.05, 4.69) is 4.98 Å². The van der Waals surface area contributed by atoms with Gasteiger partial charge in [-0.2, -0.15) is 0 Å². The van der Waals surface area contributed by atoms with Crippen molar-refractivity contribution >= 4 is 17.6 Å². The molecule has 1 unspecified atom stereocenters. The van der Waals surface area contributed by atoms with Crippen LogP contribution in [0.2, 0.25) is 0 Å². The number of halogens is 1. The van der Waals surface area contributed by atoms with Crippen LogP contribution in [0.4, 0.5) is 14.9 Å². The second-order valence-electron chi connectivity index (χ2n) is 5.47. The van der Waals surface area contributed by atoms with Gasteiger partial charge >= 0.3 is 6.03 Å². The lowest BCUT2D eigenvalue weighted by Gasteiger charge is -2.15. The van der Waals surface area contributed by atoms with Crippen LogP contribution in [0.1, 0.15) is 12.6 Å². The molecule has 3 amide bonds. The van der Waals surface area contributed by atoms with Gasteiger partial charge in [0.25, 0.3) is 5.91 Å². The van der Waals surface area contributed by atoms with Crippen LogP contribution in [0.25, 0.3) is 0 Å². The van der Waals surface area contributed by atoms with Crippen LogP contribution in [0.5, 0.6) is 5.75 Å². The Hall–Kier alpha value is -2.96. The van der Waals surface area contributed by atoms with E-state index in [1.54, 1.807) is 25.3 Å². The number of hydrogen-bond acceptors (Lipinski definition) is 4. The van der Waals surface area contributed by atoms with Gasteiger partial charge in [0.05, 0.1) is 11.4 Å². The molecular weight excluding hydrogens is 313 g/mol. The Bertz CT molecular complexity index is 762. The van der Waals surface area contributed by atoms with E-state index in [1.807, 2.05) is 6.07 Å². The Kier molecular flexibility index (Phi) is 4.16. The SMILES string of the molecule is CC1C(=O)N(c2ccc(OCc3ccccn3)c(F)c2)C(=O)N1C. The first-order valence-corrected chi connectivity index (χ1v) is 7.42. The lowest BCUT2D eigenvalue weighted by molar-refractivity contribution is -0.119. The van der Waals surface area contributed by atoms with E-state index < -0.39 is 17.9 Å². The normalized spacial score (nSPS) is 17.5. The number of carbonyl (C=O) groups excluding carboxylic acids is 2. The highest BCUT2D eigenvalue weighted by Crippen LogP contribution is 2.28. The van der Waals surface area contributed by atoms with Gasteiger partial charge in [-0.05, 0) is 31.2 Å². The third-order valence-electron chi connectivity index (χ3n) is 3.93. The largest absolute Gasteiger partial charge is 0.484 e. The molecule has 0 N–H and O–H groups in total. The number of imide groups is 1. The standard InChI is InChI=1S/C17H16FN3O3/c1-11-16(22)21(17(23)20(11)2)13-6-7-15(14(18)9-13)24-10-12-5-3-4-8-19-12/h3-9,11H,10H2,1-2H3. The van der Waals surface area contributed by atoms with Crippen molar-refractivity contribution in [3.63, 3.8) is 0 Å². The molecular formula is C17H16FN3O3. The Labute approximate surface area is 138 Å². The lowest BCUT2D eigenvalue weighted by Crippen LogP contribution is -2.31. The van der Waals surface area contributed by atoms with Crippen molar-refractivity contribution < 1.29 is 18.7 Å². The van der Waals surface area contributed by atoms with E-state index in [1.165, 1.54) is 24.1 Å². The monoisotopic (exact) mass is 329 g/mol. The van der Waals surface area contributed by atoms with Crippen molar-refractivity contribution in [2.24, 2.45) is 0 Å². The van der Waals surface area contributed by atoms with Crippen LogP contribution in [-0.4, -0.2) is 34.9 Å². The second kappa shape index (κ2) is 6.27. The molecule has 6 nitrogen and oxygen atoms in total. The van der Waals surface area contributed by atoms with Gasteiger partial charge in [0.1, 0.15) is 12.6 Å². The molecule has 0 spiro atoms. The molecule has 0 bridgehead atoms. The lowest BCUT2D eigenvalue weighted by atomic mass is 10.2. The van der Waals surface area contributed by atoms with Gasteiger partial charge in [-0.15, -0.1) is 0 Å². The van der Waals surface area contributed by atoms with Crippen molar-refractivity contribution in [3.8, 4) is 5.75 Å². The van der Waals surface area contributed by atoms with Crippen LogP contribution >= 0.6 is 0 Å². The van der Waals surface area contributed by atoms with Gasteiger partial charge in [0, 0.05) is 19.3 Å². The first-order chi connectivity index (χ1) is 11.5. The quantitative estimate of drug-likeness (QED) is 0.809. The van der Waals surface area contributed by atoms with Crippen LogP contribution < -0.4 is 9.64 Å². The average molecular weight is 329 g/mol. The number of hydrogen-bond donors (Lipinski definition) is 0. The fourth-order valence-corrected chi connectivity index (χ4v) is 2.39. The topological polar surface area (TPSA) is 62.7 Å². The highest BCUT2D eigenvalue weighted by molar-refractivity contribution is 6.21. The summed E-state index contributed by atoms with van der Waals surface area (Å²) in [6.45, 7) is 1.75. The molecule has 1 aromatic carbocycles. The van der Waals surface area contributed by atoms with Crippen LogP contribution in [0.3, 0.4) is 0 Å². The molecule has 0 aliphatic carbocycles. The number of aromatic nitrogens is 1. The number of likely N-dealkylation sites (N-methyl/N-ethyl adjacent to an activating group) is 1. The summed E-state index contributed by atoms with van der Waals surface area (Å²) in [4.78, 5) is 30.6. The predicted octanol–water partition coefficient (Wildman–Crippen LogP) is 2.59. The molecule has 1 aromatic heterocycles. The number of rotatable bonds is 4. The van der Waals surface area contributed by atoms with Crippen molar-refractivity contribution in [1.82, 2.24) is 9.88 Å². The maximum absolute atomic E-state index is 14.2. The van der Waals surface area contributed by atoms with E-state index in [4.69, 9.17) is 4.74 Å². The highest BCUT2D eigenvalue weighted by Gasteiger charge is 2.41. The minimum atomic E-state index is -0.647. The Morgan fingerprint density at radius 1 is 1.25 bits per heavy atom. The third-order valence-corrected chi connectivity index (χ3v) is 3.93. The van der Waals surface area contributed by atoms with Crippen molar-refractivity contribution in [2.75, 3.05) is 11.9 Å². The second-order valence-corrected chi connectivity index (χ2v) is 5.47. The molecule has 7 heteroatoms. The smallest absolute Gasteiger partial charge is 0.331 e. The molecule has 1 aliphatic rings. The average Bonchev–Trinajstić information content (AvgIpc) is 2.78. The first kappa shape index (κ1) is 15.9. The Balaban J connectivity index is 1.78. The summed E-state index contributed by atoms with van der Waals surface area (Å²) in [6.07, 6.45) is 1.63. The van der Waals surface area contributed by atoms with Gasteiger partial charge in [-0.3, -0.25) is 9.78 Å². The van der Waals surface area contributed by atoms with E-state index in [0.717, 1.165) is 11.0 Å². The molecule has 1 atom stereocenters. The van der Waals surface area contributed by atoms with E-state index in [-0.39, 0.29) is 24.0 Å². The van der Waals surface area contributed by atoms with Gasteiger partial charge in [0.2, 0.25) is 0 Å². The molecule has 1 fully saturated rings. The molecule has 1 aliphatic heterocycles. The number of benzene rings is 1. The van der Waals surface area contributed by atoms with Crippen molar-refractivity contribution in [1.29, 1.82) is 0 Å². The van der Waals surface area contributed by atoms with Gasteiger partial charge in [-0.1, -0.05) is 6.07 Å². The summed E-state index contributed by atoms with van der Waals surface area (Å²) < 4.78 is 19.6. The van der Waals surface area contributed by atoms with E-state index in [9.17, 15) is 14.0 Å². The van der Waals surface area contributed by atoms with Crippen molar-refractivity contribution in [3.05, 3.63) is 54.1 Å². The van der Waals surface area contributed by atoms with Crippen LogP contribution in [0.15, 0.2) is 42.6 Å². The maximum Gasteiger partial charge on any atom is 0.331 e. The van der Waals surface area contributed by atoms with E-state index >= 15 is 0 Å². The molecule has 2 heterocycles. The minimum absolute atomic E-state index is 0.0323. The number of amides is 3. The fraction of sp³-hybridized carbons (Fsp3) is 0.235. The summed E-state index contributed by atoms with van der Waals surface area (Å²) in [7, 11) is 1.53. The van der Waals surface area contributed by atoms with E-state index in [0.29, 0.717) is 5.69 Å². The zero-order valence-corrected chi connectivity index (χ0v) is 13.3. The first-order valence-electron chi connectivity index (χ1n) is 7.42. The molecule has 24 heavy (non-hydrogen) atoms. The number of nitrogens with zero attached hydrogens (tertiary/aromatic N) is 3. The third kappa shape index (κ3) is 2.80. The zero-order chi connectivity index (χ0) is 17.3. The van der Waals surface area contributed by atoms with Gasteiger partial charge in [0.15, 0.2) is 11.6 Å².